The largest absolute Gasteiger partial charge is 0.312 e. The molecule has 1 aliphatic heterocycles. The normalized spacial score (nSPS) is 12.8. The highest BCUT2D eigenvalue weighted by atomic mass is 32.1. The molecule has 0 spiro atoms. The van der Waals surface area contributed by atoms with E-state index in [-0.39, 0.29) is 18.0 Å². The molecule has 2 heterocycles. The molecule has 0 fully saturated rings. The van der Waals surface area contributed by atoms with Crippen LogP contribution in [0, 0.1) is 21.8 Å². The SMILES string of the molecule is Cc1cccc(-c2n[nH]c(=S)n2CCC(=O)N2CCc3ccc([N+](=O)[O-])cc32)c1. The minimum absolute atomic E-state index is 0.0118. The predicted molar refractivity (Wildman–Crippen MR) is 111 cm³/mol. The fourth-order valence-corrected chi connectivity index (χ4v) is 3.84. The van der Waals surface area contributed by atoms with Crippen molar-refractivity contribution in [2.45, 2.75) is 26.3 Å². The third kappa shape index (κ3) is 3.68. The average molecular weight is 409 g/mol. The topological polar surface area (TPSA) is 97.1 Å². The van der Waals surface area contributed by atoms with Crippen molar-refractivity contribution >= 4 is 29.5 Å². The number of carbonyl (C=O) groups is 1. The minimum Gasteiger partial charge on any atom is -0.312 e. The van der Waals surface area contributed by atoms with E-state index in [1.165, 1.54) is 12.1 Å². The Labute approximate surface area is 171 Å². The number of anilines is 1. The summed E-state index contributed by atoms with van der Waals surface area (Å²) in [5.41, 5.74) is 3.59. The number of carbonyl (C=O) groups excluding carboxylic acids is 1. The van der Waals surface area contributed by atoms with Gasteiger partial charge in [-0.25, -0.2) is 0 Å². The number of non-ortho nitro benzene ring substituents is 1. The van der Waals surface area contributed by atoms with Gasteiger partial charge >= 0.3 is 0 Å². The molecule has 8 nitrogen and oxygen atoms in total. The van der Waals surface area contributed by atoms with Crippen LogP contribution in [0.15, 0.2) is 42.5 Å². The molecule has 1 aliphatic rings. The number of rotatable bonds is 5. The highest BCUT2D eigenvalue weighted by Crippen LogP contribution is 2.32. The van der Waals surface area contributed by atoms with Crippen LogP contribution in [0.1, 0.15) is 17.5 Å². The highest BCUT2D eigenvalue weighted by molar-refractivity contribution is 7.71. The van der Waals surface area contributed by atoms with Crippen molar-refractivity contribution < 1.29 is 9.72 Å². The van der Waals surface area contributed by atoms with Crippen LogP contribution in [0.3, 0.4) is 0 Å². The van der Waals surface area contributed by atoms with E-state index in [9.17, 15) is 14.9 Å². The van der Waals surface area contributed by atoms with Crippen LogP contribution in [-0.2, 0) is 17.8 Å². The number of nitrogens with one attached hydrogen (secondary N) is 1. The molecule has 0 saturated carbocycles. The Morgan fingerprint density at radius 2 is 2.14 bits per heavy atom. The highest BCUT2D eigenvalue weighted by Gasteiger charge is 2.26. The Balaban J connectivity index is 1.54. The minimum atomic E-state index is -0.444. The smallest absolute Gasteiger partial charge is 0.271 e. The van der Waals surface area contributed by atoms with E-state index >= 15 is 0 Å². The molecule has 0 bridgehead atoms. The van der Waals surface area contributed by atoms with Crippen molar-refractivity contribution in [2.24, 2.45) is 0 Å². The number of aromatic nitrogens is 3. The Hall–Kier alpha value is -3.33. The van der Waals surface area contributed by atoms with Crippen LogP contribution < -0.4 is 4.90 Å². The van der Waals surface area contributed by atoms with E-state index in [0.29, 0.717) is 35.8 Å². The van der Waals surface area contributed by atoms with Gasteiger partial charge in [0.05, 0.1) is 10.6 Å². The maximum absolute atomic E-state index is 12.9. The van der Waals surface area contributed by atoms with E-state index < -0.39 is 4.92 Å². The fourth-order valence-electron chi connectivity index (χ4n) is 3.61. The summed E-state index contributed by atoms with van der Waals surface area (Å²) in [7, 11) is 0. The number of fused-ring (bicyclic) bond motifs is 1. The number of aryl methyl sites for hydroxylation is 1. The molecular formula is C20H19N5O3S. The first-order valence-corrected chi connectivity index (χ1v) is 9.65. The first-order valence-electron chi connectivity index (χ1n) is 9.24. The number of hydrogen-bond donors (Lipinski definition) is 1. The molecule has 0 saturated heterocycles. The van der Waals surface area contributed by atoms with Crippen LogP contribution in [0.2, 0.25) is 0 Å². The van der Waals surface area contributed by atoms with Crippen molar-refractivity contribution in [3.05, 3.63) is 68.5 Å². The summed E-state index contributed by atoms with van der Waals surface area (Å²) in [5.74, 6) is 0.589. The van der Waals surface area contributed by atoms with Gasteiger partial charge in [-0.1, -0.05) is 29.8 Å². The second-order valence-corrected chi connectivity index (χ2v) is 7.38. The average Bonchev–Trinajstić information content (AvgIpc) is 3.29. The maximum atomic E-state index is 12.9. The van der Waals surface area contributed by atoms with Crippen LogP contribution in [0.5, 0.6) is 0 Å². The Bertz CT molecular complexity index is 1170. The lowest BCUT2D eigenvalue weighted by Crippen LogP contribution is -2.29. The van der Waals surface area contributed by atoms with Gasteiger partial charge in [0.2, 0.25) is 5.91 Å². The van der Waals surface area contributed by atoms with E-state index in [1.54, 1.807) is 11.0 Å². The predicted octanol–water partition coefficient (Wildman–Crippen LogP) is 3.80. The molecular weight excluding hydrogens is 390 g/mol. The molecule has 29 heavy (non-hydrogen) atoms. The second kappa shape index (κ2) is 7.59. The summed E-state index contributed by atoms with van der Waals surface area (Å²) in [6.07, 6.45) is 0.910. The maximum Gasteiger partial charge on any atom is 0.271 e. The monoisotopic (exact) mass is 409 g/mol. The number of H-pyrrole nitrogens is 1. The molecule has 4 rings (SSSR count). The fraction of sp³-hybridized carbons (Fsp3) is 0.250. The summed E-state index contributed by atoms with van der Waals surface area (Å²) in [4.78, 5) is 25.1. The second-order valence-electron chi connectivity index (χ2n) is 6.99. The summed E-state index contributed by atoms with van der Waals surface area (Å²) >= 11 is 5.35. The molecule has 148 valence electrons. The number of benzene rings is 2. The van der Waals surface area contributed by atoms with Gasteiger partial charge in [-0.15, -0.1) is 0 Å². The Morgan fingerprint density at radius 1 is 1.31 bits per heavy atom. The van der Waals surface area contributed by atoms with Crippen LogP contribution in [-0.4, -0.2) is 32.1 Å². The van der Waals surface area contributed by atoms with Gasteiger partial charge in [0.15, 0.2) is 10.6 Å². The van der Waals surface area contributed by atoms with Crippen molar-refractivity contribution in [3.8, 4) is 11.4 Å². The van der Waals surface area contributed by atoms with Gasteiger partial charge in [0.1, 0.15) is 0 Å². The number of nitro benzene ring substituents is 1. The van der Waals surface area contributed by atoms with Crippen molar-refractivity contribution in [2.75, 3.05) is 11.4 Å². The zero-order valence-corrected chi connectivity index (χ0v) is 16.6. The number of amides is 1. The number of nitrogens with zero attached hydrogens (tertiary/aromatic N) is 4. The van der Waals surface area contributed by atoms with Crippen molar-refractivity contribution in [1.29, 1.82) is 0 Å². The van der Waals surface area contributed by atoms with Gasteiger partial charge in [-0.05, 0) is 37.2 Å². The Kier molecular flexibility index (Phi) is 4.98. The molecule has 0 aliphatic carbocycles. The number of aromatic amines is 1. The lowest BCUT2D eigenvalue weighted by Gasteiger charge is -2.17. The molecule has 1 aromatic heterocycles. The van der Waals surface area contributed by atoms with Gasteiger partial charge in [0.25, 0.3) is 5.69 Å². The van der Waals surface area contributed by atoms with Crippen LogP contribution in [0.4, 0.5) is 11.4 Å². The third-order valence-corrected chi connectivity index (χ3v) is 5.37. The van der Waals surface area contributed by atoms with E-state index in [0.717, 1.165) is 16.7 Å². The van der Waals surface area contributed by atoms with Crippen molar-refractivity contribution in [3.63, 3.8) is 0 Å². The molecule has 2 aromatic carbocycles. The van der Waals surface area contributed by atoms with Crippen LogP contribution in [0.25, 0.3) is 11.4 Å². The third-order valence-electron chi connectivity index (χ3n) is 5.06. The van der Waals surface area contributed by atoms with E-state index in [4.69, 9.17) is 12.2 Å². The first kappa shape index (κ1) is 19.0. The number of hydrogen-bond acceptors (Lipinski definition) is 5. The van der Waals surface area contributed by atoms with Crippen LogP contribution >= 0.6 is 12.2 Å². The summed E-state index contributed by atoms with van der Waals surface area (Å²) in [5, 5.41) is 18.2. The van der Waals surface area contributed by atoms with Gasteiger partial charge in [0, 0.05) is 37.2 Å². The summed E-state index contributed by atoms with van der Waals surface area (Å²) in [6.45, 7) is 2.90. The first-order chi connectivity index (χ1) is 13.9. The standard InChI is InChI=1S/C20H19N5O3S/c1-13-3-2-4-15(11-13)19-21-22-20(29)24(19)10-8-18(26)23-9-7-14-5-6-16(25(27)28)12-17(14)23/h2-6,11-12H,7-10H2,1H3,(H,22,29). The lowest BCUT2D eigenvalue weighted by molar-refractivity contribution is -0.384. The Morgan fingerprint density at radius 3 is 2.90 bits per heavy atom. The summed E-state index contributed by atoms with van der Waals surface area (Å²) in [6, 6.07) is 12.6. The van der Waals surface area contributed by atoms with Gasteiger partial charge < -0.3 is 4.90 Å². The van der Waals surface area contributed by atoms with Gasteiger partial charge in [-0.3, -0.25) is 24.6 Å². The zero-order chi connectivity index (χ0) is 20.5. The molecule has 0 radical (unpaired) electrons. The van der Waals surface area contributed by atoms with Gasteiger partial charge in [-0.2, -0.15) is 5.10 Å². The van der Waals surface area contributed by atoms with E-state index in [2.05, 4.69) is 10.2 Å². The van der Waals surface area contributed by atoms with Crippen molar-refractivity contribution in [1.82, 2.24) is 14.8 Å². The molecule has 1 N–H and O–H groups in total. The molecule has 9 heteroatoms. The quantitative estimate of drug-likeness (QED) is 0.393. The lowest BCUT2D eigenvalue weighted by atomic mass is 10.1. The molecule has 0 unspecified atom stereocenters. The zero-order valence-electron chi connectivity index (χ0n) is 15.8. The van der Waals surface area contributed by atoms with E-state index in [1.807, 2.05) is 35.8 Å². The number of nitro groups is 1. The molecule has 0 atom stereocenters. The molecule has 3 aromatic rings. The summed E-state index contributed by atoms with van der Waals surface area (Å²) < 4.78 is 2.26. The molecule has 1 amide bonds.